The van der Waals surface area contributed by atoms with E-state index in [-0.39, 0.29) is 42.1 Å². The molecule has 0 spiro atoms. The smallest absolute Gasteiger partial charge is 0.242 e. The fraction of sp³-hybridized carbons (Fsp3) is 0.500. The van der Waals surface area contributed by atoms with Crippen LogP contribution < -0.4 is 5.32 Å². The molecular formula is C28H37FN2O2. The third-order valence-electron chi connectivity index (χ3n) is 6.61. The maximum Gasteiger partial charge on any atom is 0.242 e. The molecule has 2 amide bonds. The van der Waals surface area contributed by atoms with Crippen molar-refractivity contribution in [2.45, 2.75) is 90.3 Å². The molecule has 0 saturated heterocycles. The van der Waals surface area contributed by atoms with Crippen molar-refractivity contribution in [3.05, 3.63) is 71.0 Å². The lowest BCUT2D eigenvalue weighted by molar-refractivity contribution is -0.140. The molecule has 2 aromatic carbocycles. The molecular weight excluding hydrogens is 415 g/mol. The van der Waals surface area contributed by atoms with Crippen LogP contribution in [0.15, 0.2) is 48.5 Å². The molecule has 0 aromatic heterocycles. The minimum absolute atomic E-state index is 0.0764. The molecule has 1 N–H and O–H groups in total. The van der Waals surface area contributed by atoms with E-state index in [0.717, 1.165) is 31.2 Å². The molecule has 1 saturated carbocycles. The van der Waals surface area contributed by atoms with E-state index in [1.165, 1.54) is 16.5 Å². The molecule has 0 heterocycles. The van der Waals surface area contributed by atoms with Gasteiger partial charge in [0.05, 0.1) is 0 Å². The van der Waals surface area contributed by atoms with Gasteiger partial charge in [-0.2, -0.15) is 0 Å². The third-order valence-corrected chi connectivity index (χ3v) is 6.61. The summed E-state index contributed by atoms with van der Waals surface area (Å²) in [6.45, 7) is 8.33. The second-order valence-electron chi connectivity index (χ2n) is 10.2. The predicted octanol–water partition coefficient (Wildman–Crippen LogP) is 5.53. The maximum atomic E-state index is 14.4. The van der Waals surface area contributed by atoms with Crippen molar-refractivity contribution >= 4 is 11.8 Å². The van der Waals surface area contributed by atoms with E-state index in [1.54, 1.807) is 25.1 Å². The Kier molecular flexibility index (Phi) is 8.28. The zero-order valence-electron chi connectivity index (χ0n) is 20.4. The number of halogens is 1. The van der Waals surface area contributed by atoms with Gasteiger partial charge in [0.15, 0.2) is 0 Å². The van der Waals surface area contributed by atoms with Crippen LogP contribution in [-0.4, -0.2) is 28.8 Å². The van der Waals surface area contributed by atoms with Crippen LogP contribution in [0.1, 0.15) is 76.5 Å². The average molecular weight is 453 g/mol. The highest BCUT2D eigenvalue weighted by atomic mass is 19.1. The molecule has 0 bridgehead atoms. The second-order valence-corrected chi connectivity index (χ2v) is 10.2. The number of nitrogens with one attached hydrogen (secondary N) is 1. The minimum atomic E-state index is -0.666. The van der Waals surface area contributed by atoms with Crippen molar-refractivity contribution in [3.63, 3.8) is 0 Å². The number of carbonyl (C=O) groups is 2. The first kappa shape index (κ1) is 24.9. The molecule has 178 valence electrons. The van der Waals surface area contributed by atoms with Gasteiger partial charge in [-0.3, -0.25) is 9.59 Å². The van der Waals surface area contributed by atoms with Crippen molar-refractivity contribution in [1.29, 1.82) is 0 Å². The topological polar surface area (TPSA) is 49.4 Å². The van der Waals surface area contributed by atoms with Gasteiger partial charge in [-0.25, -0.2) is 4.39 Å². The van der Waals surface area contributed by atoms with Crippen molar-refractivity contribution in [3.8, 4) is 0 Å². The summed E-state index contributed by atoms with van der Waals surface area (Å²) in [4.78, 5) is 27.7. The highest BCUT2D eigenvalue weighted by Gasteiger charge is 2.28. The lowest BCUT2D eigenvalue weighted by Gasteiger charge is -2.30. The summed E-state index contributed by atoms with van der Waals surface area (Å²) in [6, 6.07) is 14.3. The van der Waals surface area contributed by atoms with E-state index in [9.17, 15) is 14.0 Å². The summed E-state index contributed by atoms with van der Waals surface area (Å²) in [5.74, 6) is -0.676. The highest BCUT2D eigenvalue weighted by molar-refractivity contribution is 5.87. The molecule has 0 radical (unpaired) electrons. The first-order valence-electron chi connectivity index (χ1n) is 12.1. The Morgan fingerprint density at radius 3 is 2.30 bits per heavy atom. The van der Waals surface area contributed by atoms with Crippen molar-refractivity contribution in [2.75, 3.05) is 0 Å². The molecule has 0 aliphatic heterocycles. The first-order chi connectivity index (χ1) is 15.6. The number of benzene rings is 2. The van der Waals surface area contributed by atoms with Crippen LogP contribution in [0.2, 0.25) is 0 Å². The van der Waals surface area contributed by atoms with E-state index in [1.807, 2.05) is 0 Å². The van der Waals surface area contributed by atoms with Gasteiger partial charge < -0.3 is 10.2 Å². The summed E-state index contributed by atoms with van der Waals surface area (Å²) < 4.78 is 14.4. The number of carbonyl (C=O) groups excluding carboxylic acids is 2. The largest absolute Gasteiger partial charge is 0.352 e. The normalized spacial score (nSPS) is 15.3. The molecule has 1 atom stereocenters. The lowest BCUT2D eigenvalue weighted by Crippen LogP contribution is -2.49. The predicted molar refractivity (Wildman–Crippen MR) is 130 cm³/mol. The highest BCUT2D eigenvalue weighted by Crippen LogP contribution is 2.23. The third kappa shape index (κ3) is 6.89. The first-order valence-corrected chi connectivity index (χ1v) is 12.1. The van der Waals surface area contributed by atoms with E-state index in [4.69, 9.17) is 0 Å². The maximum absolute atomic E-state index is 14.4. The van der Waals surface area contributed by atoms with Crippen LogP contribution in [0.5, 0.6) is 0 Å². The van der Waals surface area contributed by atoms with Gasteiger partial charge in [-0.15, -0.1) is 0 Å². The Hall–Kier alpha value is -2.69. The zero-order chi connectivity index (χ0) is 24.0. The number of aryl methyl sites for hydroxylation is 1. The Bertz CT molecular complexity index is 943. The van der Waals surface area contributed by atoms with Crippen molar-refractivity contribution in [1.82, 2.24) is 10.2 Å². The second kappa shape index (κ2) is 11.0. The van der Waals surface area contributed by atoms with Gasteiger partial charge in [0.2, 0.25) is 11.8 Å². The Morgan fingerprint density at radius 2 is 1.70 bits per heavy atom. The fourth-order valence-corrected chi connectivity index (χ4v) is 4.35. The molecule has 1 fully saturated rings. The van der Waals surface area contributed by atoms with Crippen LogP contribution in [0.3, 0.4) is 0 Å². The van der Waals surface area contributed by atoms with Crippen LogP contribution in [0.25, 0.3) is 0 Å². The van der Waals surface area contributed by atoms with E-state index >= 15 is 0 Å². The zero-order valence-corrected chi connectivity index (χ0v) is 20.4. The van der Waals surface area contributed by atoms with E-state index < -0.39 is 6.04 Å². The summed E-state index contributed by atoms with van der Waals surface area (Å²) >= 11 is 0. The van der Waals surface area contributed by atoms with Crippen LogP contribution >= 0.6 is 0 Å². The number of rotatable bonds is 8. The average Bonchev–Trinajstić information content (AvgIpc) is 3.29. The number of hydrogen-bond acceptors (Lipinski definition) is 2. The van der Waals surface area contributed by atoms with Crippen LogP contribution in [0.4, 0.5) is 4.39 Å². The van der Waals surface area contributed by atoms with Gasteiger partial charge in [0.1, 0.15) is 11.9 Å². The molecule has 1 aliphatic rings. The monoisotopic (exact) mass is 452 g/mol. The summed E-state index contributed by atoms with van der Waals surface area (Å²) in [7, 11) is 0. The van der Waals surface area contributed by atoms with Gasteiger partial charge >= 0.3 is 0 Å². The summed E-state index contributed by atoms with van der Waals surface area (Å²) in [6.07, 6.45) is 5.03. The van der Waals surface area contributed by atoms with Crippen LogP contribution in [-0.2, 0) is 28.0 Å². The van der Waals surface area contributed by atoms with E-state index in [2.05, 4.69) is 50.4 Å². The molecule has 3 rings (SSSR count). The summed E-state index contributed by atoms with van der Waals surface area (Å²) in [5.41, 5.74) is 2.81. The lowest BCUT2D eigenvalue weighted by atomic mass is 9.86. The molecule has 2 aromatic rings. The number of hydrogen-bond donors (Lipinski definition) is 1. The van der Waals surface area contributed by atoms with Crippen molar-refractivity contribution < 1.29 is 14.0 Å². The molecule has 33 heavy (non-hydrogen) atoms. The number of nitrogens with zero attached hydrogens (tertiary/aromatic N) is 1. The molecule has 1 aliphatic carbocycles. The molecule has 4 nitrogen and oxygen atoms in total. The summed E-state index contributed by atoms with van der Waals surface area (Å²) in [5, 5.41) is 3.08. The number of amides is 2. The van der Waals surface area contributed by atoms with Crippen LogP contribution in [0, 0.1) is 5.82 Å². The van der Waals surface area contributed by atoms with Gasteiger partial charge in [-0.1, -0.05) is 76.1 Å². The quantitative estimate of drug-likeness (QED) is 0.572. The Labute approximate surface area is 197 Å². The van der Waals surface area contributed by atoms with Gasteiger partial charge in [0, 0.05) is 24.6 Å². The van der Waals surface area contributed by atoms with Gasteiger partial charge in [-0.05, 0) is 48.8 Å². The fourth-order valence-electron chi connectivity index (χ4n) is 4.35. The standard InChI is InChI=1S/C28H37FN2O2/c1-20(27(33)30-24-10-6-7-11-24)31(19-22-9-5-8-12-25(22)29)26(32)18-15-21-13-16-23(17-14-21)28(2,3)4/h5,8-9,12-14,16-17,20,24H,6-7,10-11,15,18-19H2,1-4H3,(H,30,33)/t20-/m1/s1. The molecule has 0 unspecified atom stereocenters. The van der Waals surface area contributed by atoms with E-state index in [0.29, 0.717) is 12.0 Å². The molecule has 5 heteroatoms. The Balaban J connectivity index is 1.70. The van der Waals surface area contributed by atoms with Crippen molar-refractivity contribution in [2.24, 2.45) is 0 Å². The Morgan fingerprint density at radius 1 is 1.06 bits per heavy atom. The SMILES string of the molecule is C[C@H](C(=O)NC1CCCC1)N(Cc1ccccc1F)C(=O)CCc1ccc(C(C)(C)C)cc1. The minimum Gasteiger partial charge on any atom is -0.352 e. The van der Waals surface area contributed by atoms with Gasteiger partial charge in [0.25, 0.3) is 0 Å².